The maximum atomic E-state index is 11.6. The maximum absolute atomic E-state index is 11.6. The number of carbonyl (C=O) groups excluding carboxylic acids is 1. The number of nitrogens with one attached hydrogen (secondary N) is 1. The van der Waals surface area contributed by atoms with Gasteiger partial charge in [0.15, 0.2) is 0 Å². The zero-order valence-corrected chi connectivity index (χ0v) is 10.3. The number of carbonyl (C=O) groups is 1. The summed E-state index contributed by atoms with van der Waals surface area (Å²) in [6.45, 7) is 6.21. The van der Waals surface area contributed by atoms with Crippen LogP contribution >= 0.6 is 0 Å². The van der Waals surface area contributed by atoms with Gasteiger partial charge in [0.05, 0.1) is 12.5 Å². The van der Waals surface area contributed by atoms with Gasteiger partial charge in [0, 0.05) is 19.8 Å². The Hall–Kier alpha value is -0.610. The molecule has 0 radical (unpaired) electrons. The lowest BCUT2D eigenvalue weighted by molar-refractivity contribution is -0.124. The molecule has 0 aromatic heterocycles. The first-order chi connectivity index (χ1) is 7.55. The summed E-state index contributed by atoms with van der Waals surface area (Å²) in [5.74, 6) is 0.158. The van der Waals surface area contributed by atoms with Crippen LogP contribution in [0.5, 0.6) is 0 Å². The van der Waals surface area contributed by atoms with Crippen LogP contribution in [0.15, 0.2) is 0 Å². The van der Waals surface area contributed by atoms with E-state index in [1.165, 1.54) is 0 Å². The molecule has 0 aromatic carbocycles. The van der Waals surface area contributed by atoms with E-state index in [2.05, 4.69) is 5.32 Å². The Kier molecular flexibility index (Phi) is 5.22. The highest BCUT2D eigenvalue weighted by Crippen LogP contribution is 2.20. The molecule has 16 heavy (non-hydrogen) atoms. The average molecular weight is 229 g/mol. The molecule has 1 saturated heterocycles. The summed E-state index contributed by atoms with van der Waals surface area (Å²) in [5, 5.41) is 12.0. The molecule has 1 atom stereocenters. The van der Waals surface area contributed by atoms with Gasteiger partial charge in [-0.3, -0.25) is 4.79 Å². The van der Waals surface area contributed by atoms with Crippen LogP contribution in [0.1, 0.15) is 33.1 Å². The Morgan fingerprint density at radius 3 is 2.88 bits per heavy atom. The third-order valence-electron chi connectivity index (χ3n) is 3.06. The van der Waals surface area contributed by atoms with Gasteiger partial charge in [0.25, 0.3) is 0 Å². The average Bonchev–Trinajstić information content (AvgIpc) is 2.77. The summed E-state index contributed by atoms with van der Waals surface area (Å²) in [5.41, 5.74) is -0.0405. The SMILES string of the molecule is CC(C)(CO)CCCNC(=O)C1CCOC1. The highest BCUT2D eigenvalue weighted by Gasteiger charge is 2.23. The van der Waals surface area contributed by atoms with Crippen molar-refractivity contribution in [3.05, 3.63) is 0 Å². The molecule has 0 saturated carbocycles. The van der Waals surface area contributed by atoms with E-state index in [4.69, 9.17) is 9.84 Å². The summed E-state index contributed by atoms with van der Waals surface area (Å²) in [6, 6.07) is 0. The lowest BCUT2D eigenvalue weighted by atomic mass is 9.89. The van der Waals surface area contributed by atoms with E-state index in [-0.39, 0.29) is 23.8 Å². The van der Waals surface area contributed by atoms with Crippen LogP contribution < -0.4 is 5.32 Å². The number of amides is 1. The van der Waals surface area contributed by atoms with E-state index in [1.54, 1.807) is 0 Å². The van der Waals surface area contributed by atoms with Crippen LogP contribution in [0.3, 0.4) is 0 Å². The smallest absolute Gasteiger partial charge is 0.225 e. The minimum absolute atomic E-state index is 0.0405. The molecule has 94 valence electrons. The van der Waals surface area contributed by atoms with Crippen molar-refractivity contribution >= 4 is 5.91 Å². The van der Waals surface area contributed by atoms with Crippen molar-refractivity contribution in [3.8, 4) is 0 Å². The Labute approximate surface area is 97.4 Å². The highest BCUT2D eigenvalue weighted by atomic mass is 16.5. The molecule has 4 nitrogen and oxygen atoms in total. The first-order valence-electron chi connectivity index (χ1n) is 6.01. The predicted octanol–water partition coefficient (Wildman–Crippen LogP) is 0.938. The van der Waals surface area contributed by atoms with Gasteiger partial charge in [-0.15, -0.1) is 0 Å². The Morgan fingerprint density at radius 2 is 2.31 bits per heavy atom. The third-order valence-corrected chi connectivity index (χ3v) is 3.06. The molecule has 0 aliphatic carbocycles. The Bertz CT molecular complexity index is 222. The van der Waals surface area contributed by atoms with Crippen LogP contribution in [0.2, 0.25) is 0 Å². The van der Waals surface area contributed by atoms with Gasteiger partial charge in [0.2, 0.25) is 5.91 Å². The van der Waals surface area contributed by atoms with Crippen molar-refractivity contribution in [1.29, 1.82) is 0 Å². The van der Waals surface area contributed by atoms with Gasteiger partial charge < -0.3 is 15.2 Å². The van der Waals surface area contributed by atoms with Crippen molar-refractivity contribution in [3.63, 3.8) is 0 Å². The minimum Gasteiger partial charge on any atom is -0.396 e. The standard InChI is InChI=1S/C12H23NO3/c1-12(2,9-14)5-3-6-13-11(15)10-4-7-16-8-10/h10,14H,3-9H2,1-2H3,(H,13,15). The van der Waals surface area contributed by atoms with Gasteiger partial charge in [0.1, 0.15) is 0 Å². The highest BCUT2D eigenvalue weighted by molar-refractivity contribution is 5.78. The molecule has 1 rings (SSSR count). The first-order valence-corrected chi connectivity index (χ1v) is 6.01. The fourth-order valence-corrected chi connectivity index (χ4v) is 1.74. The van der Waals surface area contributed by atoms with E-state index >= 15 is 0 Å². The second kappa shape index (κ2) is 6.21. The van der Waals surface area contributed by atoms with Crippen molar-refractivity contribution in [2.75, 3.05) is 26.4 Å². The molecule has 1 aliphatic rings. The molecular weight excluding hydrogens is 206 g/mol. The molecule has 0 bridgehead atoms. The van der Waals surface area contributed by atoms with Crippen LogP contribution in [0, 0.1) is 11.3 Å². The topological polar surface area (TPSA) is 58.6 Å². The monoisotopic (exact) mass is 229 g/mol. The second-order valence-corrected chi connectivity index (χ2v) is 5.28. The number of aliphatic hydroxyl groups excluding tert-OH is 1. The zero-order chi connectivity index (χ0) is 12.0. The fraction of sp³-hybridized carbons (Fsp3) is 0.917. The Balaban J connectivity index is 2.08. The van der Waals surface area contributed by atoms with Gasteiger partial charge in [-0.25, -0.2) is 0 Å². The van der Waals surface area contributed by atoms with Gasteiger partial charge in [-0.1, -0.05) is 13.8 Å². The lowest BCUT2D eigenvalue weighted by Crippen LogP contribution is -2.32. The summed E-state index contributed by atoms with van der Waals surface area (Å²) >= 11 is 0. The molecule has 1 amide bonds. The van der Waals surface area contributed by atoms with E-state index in [1.807, 2.05) is 13.8 Å². The third kappa shape index (κ3) is 4.49. The minimum atomic E-state index is -0.0405. The molecular formula is C12H23NO3. The summed E-state index contributed by atoms with van der Waals surface area (Å²) < 4.78 is 5.16. The van der Waals surface area contributed by atoms with Gasteiger partial charge in [-0.05, 0) is 24.7 Å². The normalized spacial score (nSPS) is 21.1. The maximum Gasteiger partial charge on any atom is 0.225 e. The van der Waals surface area contributed by atoms with Crippen LogP contribution in [-0.4, -0.2) is 37.4 Å². The summed E-state index contributed by atoms with van der Waals surface area (Å²) in [4.78, 5) is 11.6. The van der Waals surface area contributed by atoms with E-state index in [0.29, 0.717) is 19.8 Å². The quantitative estimate of drug-likeness (QED) is 0.666. The number of ether oxygens (including phenoxy) is 1. The summed E-state index contributed by atoms with van der Waals surface area (Å²) in [6.07, 6.45) is 2.67. The van der Waals surface area contributed by atoms with Crippen LogP contribution in [-0.2, 0) is 9.53 Å². The number of aliphatic hydroxyl groups is 1. The van der Waals surface area contributed by atoms with Crippen molar-refractivity contribution < 1.29 is 14.6 Å². The molecule has 1 unspecified atom stereocenters. The molecule has 1 aliphatic heterocycles. The lowest BCUT2D eigenvalue weighted by Gasteiger charge is -2.21. The fourth-order valence-electron chi connectivity index (χ4n) is 1.74. The molecule has 4 heteroatoms. The number of rotatable bonds is 6. The Morgan fingerprint density at radius 1 is 1.56 bits per heavy atom. The number of hydrogen-bond donors (Lipinski definition) is 2. The second-order valence-electron chi connectivity index (χ2n) is 5.28. The summed E-state index contributed by atoms with van der Waals surface area (Å²) in [7, 11) is 0. The molecule has 0 aromatic rings. The van der Waals surface area contributed by atoms with Crippen molar-refractivity contribution in [1.82, 2.24) is 5.32 Å². The molecule has 1 fully saturated rings. The van der Waals surface area contributed by atoms with Crippen molar-refractivity contribution in [2.24, 2.45) is 11.3 Å². The van der Waals surface area contributed by atoms with E-state index < -0.39 is 0 Å². The predicted molar refractivity (Wildman–Crippen MR) is 62.0 cm³/mol. The van der Waals surface area contributed by atoms with Crippen LogP contribution in [0.4, 0.5) is 0 Å². The first kappa shape index (κ1) is 13.5. The molecule has 2 N–H and O–H groups in total. The van der Waals surface area contributed by atoms with Crippen LogP contribution in [0.25, 0.3) is 0 Å². The van der Waals surface area contributed by atoms with Crippen molar-refractivity contribution in [2.45, 2.75) is 33.1 Å². The van der Waals surface area contributed by atoms with E-state index in [9.17, 15) is 4.79 Å². The molecule has 1 heterocycles. The van der Waals surface area contributed by atoms with Gasteiger partial charge >= 0.3 is 0 Å². The van der Waals surface area contributed by atoms with Gasteiger partial charge in [-0.2, -0.15) is 0 Å². The molecule has 0 spiro atoms. The number of hydrogen-bond acceptors (Lipinski definition) is 3. The van der Waals surface area contributed by atoms with E-state index in [0.717, 1.165) is 19.3 Å². The largest absolute Gasteiger partial charge is 0.396 e. The zero-order valence-electron chi connectivity index (χ0n) is 10.3.